The lowest BCUT2D eigenvalue weighted by Crippen LogP contribution is -2.49. The van der Waals surface area contributed by atoms with Crippen molar-refractivity contribution >= 4 is 22.9 Å². The van der Waals surface area contributed by atoms with Crippen molar-refractivity contribution in [2.24, 2.45) is 28.3 Å². The highest BCUT2D eigenvalue weighted by Crippen LogP contribution is 2.35. The normalized spacial score (nSPS) is 16.7. The van der Waals surface area contributed by atoms with Crippen LogP contribution in [0.4, 0.5) is 5.69 Å². The van der Waals surface area contributed by atoms with Gasteiger partial charge in [0.1, 0.15) is 11.6 Å². The van der Waals surface area contributed by atoms with E-state index < -0.39 is 0 Å². The molecule has 10 heteroatoms. The third-order valence-corrected chi connectivity index (χ3v) is 8.16. The summed E-state index contributed by atoms with van der Waals surface area (Å²) in [6, 6.07) is 12.0. The number of nitrogens with one attached hydrogen (secondary N) is 3. The van der Waals surface area contributed by atoms with Gasteiger partial charge in [0.05, 0.1) is 35.6 Å². The Morgan fingerprint density at radius 2 is 1.87 bits per heavy atom. The van der Waals surface area contributed by atoms with Gasteiger partial charge < -0.3 is 32.2 Å². The molecule has 1 saturated heterocycles. The Kier molecular flexibility index (Phi) is 11.8. The Bertz CT molecular complexity index is 1560. The number of aryl methyl sites for hydroxylation is 1. The highest BCUT2D eigenvalue weighted by atomic mass is 16.5. The number of methoxy groups -OCH3 is 1. The number of hydrogen-bond acceptors (Lipinski definition) is 9. The van der Waals surface area contributed by atoms with E-state index in [1.807, 2.05) is 24.4 Å². The molecular weight excluding hydrogens is 576 g/mol. The second-order valence-electron chi connectivity index (χ2n) is 11.8. The molecule has 1 aromatic carbocycles. The second kappa shape index (κ2) is 15.9. The number of aromatic nitrogens is 1. The summed E-state index contributed by atoms with van der Waals surface area (Å²) >= 11 is 0. The Labute approximate surface area is 273 Å². The molecule has 2 aromatic rings. The fourth-order valence-electron chi connectivity index (χ4n) is 5.20. The van der Waals surface area contributed by atoms with E-state index in [9.17, 15) is 4.79 Å². The van der Waals surface area contributed by atoms with Crippen LogP contribution in [0.15, 0.2) is 95.8 Å². The first-order chi connectivity index (χ1) is 22.2. The lowest BCUT2D eigenvalue weighted by atomic mass is 9.95. The second-order valence-corrected chi connectivity index (χ2v) is 11.8. The van der Waals surface area contributed by atoms with Crippen molar-refractivity contribution in [1.29, 1.82) is 0 Å². The fraction of sp³-hybridized carbons (Fsp3) is 0.361. The van der Waals surface area contributed by atoms with Crippen molar-refractivity contribution in [2.45, 2.75) is 46.1 Å². The van der Waals surface area contributed by atoms with Crippen LogP contribution in [0.25, 0.3) is 5.57 Å². The molecule has 244 valence electrons. The van der Waals surface area contributed by atoms with Crippen molar-refractivity contribution in [3.05, 3.63) is 108 Å². The zero-order valence-electron chi connectivity index (χ0n) is 27.5. The third kappa shape index (κ3) is 8.88. The number of aliphatic imine (C=N–C) groups is 1. The van der Waals surface area contributed by atoms with Crippen molar-refractivity contribution in [1.82, 2.24) is 20.5 Å². The number of carbonyl (C=O) groups excluding carboxylic acids is 1. The maximum atomic E-state index is 12.3. The number of likely N-dealkylation sites (N-methyl/N-ethyl adjacent to an activating group) is 1. The standard InChI is InChI=1S/C36H48N8O2/c1-7-11-28-12-9-13-29(41-28)22-44-20-27(21-44)23(3)40-19-25(8-2)30-14-10-15-31(35(30)46-6)42-32(34(38)24(4)39-5)18-33(37)43-36(45)26-16-17-26/h8-10,12-15,18-19,26-27,39,42H,2,4,7,11,16-17,20-22,37-38H2,1,3,5-6H3,(H,43,45)/b25-19+,33-18+,34-32+,40-23+. The molecule has 0 atom stereocenters. The van der Waals surface area contributed by atoms with Crippen LogP contribution in [-0.4, -0.2) is 48.7 Å². The highest BCUT2D eigenvalue weighted by molar-refractivity contribution is 5.88. The highest BCUT2D eigenvalue weighted by Gasteiger charge is 2.30. The summed E-state index contributed by atoms with van der Waals surface area (Å²) in [6.45, 7) is 15.0. The van der Waals surface area contributed by atoms with Crippen LogP contribution in [0.1, 0.15) is 50.1 Å². The molecule has 0 unspecified atom stereocenters. The van der Waals surface area contributed by atoms with Gasteiger partial charge in [-0.25, -0.2) is 0 Å². The molecule has 4 rings (SSSR count). The van der Waals surface area contributed by atoms with Gasteiger partial charge in [-0.3, -0.25) is 19.7 Å². The van der Waals surface area contributed by atoms with Crippen LogP contribution >= 0.6 is 0 Å². The van der Waals surface area contributed by atoms with Gasteiger partial charge in [0.15, 0.2) is 0 Å². The number of anilines is 1. The zero-order chi connectivity index (χ0) is 33.2. The van der Waals surface area contributed by atoms with E-state index in [1.54, 1.807) is 26.3 Å². The number of nitrogens with zero attached hydrogens (tertiary/aromatic N) is 3. The van der Waals surface area contributed by atoms with E-state index in [-0.39, 0.29) is 17.6 Å². The molecule has 46 heavy (non-hydrogen) atoms. The molecule has 0 spiro atoms. The molecule has 2 heterocycles. The topological polar surface area (TPSA) is 143 Å². The summed E-state index contributed by atoms with van der Waals surface area (Å²) in [7, 11) is 3.33. The van der Waals surface area contributed by atoms with Crippen molar-refractivity contribution in [3.8, 4) is 5.75 Å². The van der Waals surface area contributed by atoms with Gasteiger partial charge in [-0.15, -0.1) is 0 Å². The smallest absolute Gasteiger partial charge is 0.228 e. The molecule has 1 saturated carbocycles. The third-order valence-electron chi connectivity index (χ3n) is 8.16. The van der Waals surface area contributed by atoms with E-state index in [0.29, 0.717) is 34.4 Å². The van der Waals surface area contributed by atoms with Crippen LogP contribution in [0, 0.1) is 11.8 Å². The van der Waals surface area contributed by atoms with Gasteiger partial charge in [-0.2, -0.15) is 0 Å². The number of hydrogen-bond donors (Lipinski definition) is 5. The number of amides is 1. The minimum atomic E-state index is -0.0980. The first-order valence-electron chi connectivity index (χ1n) is 15.8. The quantitative estimate of drug-likeness (QED) is 0.132. The van der Waals surface area contributed by atoms with Crippen LogP contribution in [0.5, 0.6) is 5.75 Å². The molecule has 2 aliphatic rings. The largest absolute Gasteiger partial charge is 0.494 e. The number of benzene rings is 1. The first kappa shape index (κ1) is 34.1. The predicted octanol–water partition coefficient (Wildman–Crippen LogP) is 4.80. The van der Waals surface area contributed by atoms with Crippen molar-refractivity contribution < 1.29 is 9.53 Å². The van der Waals surface area contributed by atoms with E-state index in [4.69, 9.17) is 26.2 Å². The number of carbonyl (C=O) groups is 1. The summed E-state index contributed by atoms with van der Waals surface area (Å²) in [5.74, 6) is 1.04. The monoisotopic (exact) mass is 624 g/mol. The number of allylic oxidation sites excluding steroid dienone is 3. The van der Waals surface area contributed by atoms with E-state index in [2.05, 4.69) is 66.1 Å². The van der Waals surface area contributed by atoms with Gasteiger partial charge >= 0.3 is 0 Å². The van der Waals surface area contributed by atoms with E-state index in [0.717, 1.165) is 73.6 Å². The number of likely N-dealkylation sites (tertiary alicyclic amines) is 1. The van der Waals surface area contributed by atoms with Gasteiger partial charge in [-0.1, -0.05) is 50.8 Å². The zero-order valence-corrected chi connectivity index (χ0v) is 27.5. The molecule has 0 bridgehead atoms. The van der Waals surface area contributed by atoms with Gasteiger partial charge in [0.25, 0.3) is 0 Å². The molecule has 1 aromatic heterocycles. The number of ether oxygens (including phenoxy) is 1. The molecule has 2 fully saturated rings. The number of pyridine rings is 1. The number of para-hydroxylation sites is 1. The van der Waals surface area contributed by atoms with Gasteiger partial charge in [0, 0.05) is 73.3 Å². The Morgan fingerprint density at radius 3 is 2.52 bits per heavy atom. The maximum Gasteiger partial charge on any atom is 0.228 e. The summed E-state index contributed by atoms with van der Waals surface area (Å²) in [4.78, 5) is 24.3. The fourth-order valence-corrected chi connectivity index (χ4v) is 5.20. The molecule has 7 N–H and O–H groups in total. The lowest BCUT2D eigenvalue weighted by Gasteiger charge is -2.39. The van der Waals surface area contributed by atoms with Gasteiger partial charge in [-0.05, 0) is 44.4 Å². The Hall–Kier alpha value is -4.83. The van der Waals surface area contributed by atoms with Crippen molar-refractivity contribution in [3.63, 3.8) is 0 Å². The van der Waals surface area contributed by atoms with E-state index in [1.165, 1.54) is 0 Å². The molecule has 1 aliphatic carbocycles. The average molecular weight is 625 g/mol. The average Bonchev–Trinajstić information content (AvgIpc) is 3.88. The predicted molar refractivity (Wildman–Crippen MR) is 187 cm³/mol. The Morgan fingerprint density at radius 1 is 1.15 bits per heavy atom. The molecule has 10 nitrogen and oxygen atoms in total. The summed E-state index contributed by atoms with van der Waals surface area (Å²) in [5.41, 5.74) is 19.5. The molecule has 1 aliphatic heterocycles. The van der Waals surface area contributed by atoms with Crippen LogP contribution in [-0.2, 0) is 17.8 Å². The summed E-state index contributed by atoms with van der Waals surface area (Å²) < 4.78 is 5.88. The lowest BCUT2D eigenvalue weighted by molar-refractivity contribution is -0.121. The number of nitrogens with two attached hydrogens (primary N) is 2. The van der Waals surface area contributed by atoms with Crippen molar-refractivity contribution in [2.75, 3.05) is 32.6 Å². The number of rotatable bonds is 16. The first-order valence-corrected chi connectivity index (χ1v) is 15.8. The SMILES string of the molecule is C=C/C(=C\N=C(/C)C1CN(Cc2cccc(CCC)n2)C1)c1cccc(NC(/C=C(\N)NC(=O)C2CC2)=C(/N)C(=C)NC)c1OC. The molecule has 0 radical (unpaired) electrons. The molecule has 1 amide bonds. The minimum Gasteiger partial charge on any atom is -0.494 e. The van der Waals surface area contributed by atoms with Crippen LogP contribution in [0.2, 0.25) is 0 Å². The van der Waals surface area contributed by atoms with Crippen LogP contribution < -0.4 is 32.2 Å². The minimum absolute atomic E-state index is 0.0119. The Balaban J connectivity index is 1.50. The maximum absolute atomic E-state index is 12.3. The van der Waals surface area contributed by atoms with Crippen LogP contribution in [0.3, 0.4) is 0 Å². The van der Waals surface area contributed by atoms with E-state index >= 15 is 0 Å². The summed E-state index contributed by atoms with van der Waals surface area (Å²) in [5, 5.41) is 9.04. The summed E-state index contributed by atoms with van der Waals surface area (Å²) in [6.07, 6.45) is 9.03. The molecular formula is C36H48N8O2. The van der Waals surface area contributed by atoms with Gasteiger partial charge in [0.2, 0.25) is 5.91 Å².